The van der Waals surface area contributed by atoms with Gasteiger partial charge in [-0.15, -0.1) is 12.4 Å². The summed E-state index contributed by atoms with van der Waals surface area (Å²) < 4.78 is 4.76. The predicted octanol–water partition coefficient (Wildman–Crippen LogP) is 2.41. The van der Waals surface area contributed by atoms with Crippen molar-refractivity contribution in [1.82, 2.24) is 0 Å². The molecule has 0 aliphatic rings. The smallest absolute Gasteiger partial charge is 0.0501 e. The molecule has 1 atom stereocenters. The van der Waals surface area contributed by atoms with E-state index in [0.29, 0.717) is 0 Å². The lowest BCUT2D eigenvalue weighted by Crippen LogP contribution is -1.80. The van der Waals surface area contributed by atoms with Crippen molar-refractivity contribution in [3.8, 4) is 0 Å². The Morgan fingerprint density at radius 2 is 2.00 bits per heavy atom. The van der Waals surface area contributed by atoms with E-state index in [4.69, 9.17) is 4.52 Å². The fourth-order valence-electron chi connectivity index (χ4n) is 0.435. The van der Waals surface area contributed by atoms with E-state index in [2.05, 4.69) is 16.4 Å². The molecule has 0 aromatic carbocycles. The molecule has 0 saturated heterocycles. The van der Waals surface area contributed by atoms with Gasteiger partial charge in [0.15, 0.2) is 0 Å². The second-order valence-corrected chi connectivity index (χ2v) is 1.91. The lowest BCUT2D eigenvalue weighted by atomic mass is 10.3. The van der Waals surface area contributed by atoms with Gasteiger partial charge in [0.2, 0.25) is 0 Å². The van der Waals surface area contributed by atoms with E-state index in [1.54, 1.807) is 0 Å². The maximum atomic E-state index is 4.76. The molecule has 0 heterocycles. The fourth-order valence-corrected chi connectivity index (χ4v) is 0.602. The van der Waals surface area contributed by atoms with Crippen LogP contribution in [0.3, 0.4) is 0 Å². The molecule has 1 unspecified atom stereocenters. The third-order valence-electron chi connectivity index (χ3n) is 0.866. The Hall–Kier alpha value is 0.680. The zero-order chi connectivity index (χ0) is 5.54. The van der Waals surface area contributed by atoms with Crippen LogP contribution < -0.4 is 0 Å². The van der Waals surface area contributed by atoms with E-state index in [0.717, 1.165) is 6.61 Å². The quantitative estimate of drug-likeness (QED) is 0.449. The maximum Gasteiger partial charge on any atom is 0.0501 e. The Bertz CT molecular complexity index is 31.6. The Balaban J connectivity index is 0. The van der Waals surface area contributed by atoms with Crippen LogP contribution in [0, 0.1) is 0 Å². The number of rotatable bonds is 4. The molecule has 0 aliphatic heterocycles. The highest BCUT2D eigenvalue weighted by atomic mass is 35.5. The molecule has 0 bridgehead atoms. The van der Waals surface area contributed by atoms with Gasteiger partial charge in [0.25, 0.3) is 0 Å². The summed E-state index contributed by atoms with van der Waals surface area (Å²) in [5, 5.41) is 0. The molecule has 8 heavy (non-hydrogen) atoms. The number of unbranched alkanes of at least 4 members (excludes halogenated alkanes) is 2. The molecule has 0 fully saturated rings. The lowest BCUT2D eigenvalue weighted by molar-refractivity contribution is 0.356. The van der Waals surface area contributed by atoms with Crippen LogP contribution in [0.2, 0.25) is 0 Å². The van der Waals surface area contributed by atoms with E-state index in [1.807, 2.05) is 0 Å². The van der Waals surface area contributed by atoms with E-state index < -0.39 is 0 Å². The molecule has 0 aromatic heterocycles. The Morgan fingerprint density at radius 1 is 1.38 bits per heavy atom. The van der Waals surface area contributed by atoms with E-state index in [1.165, 1.54) is 19.3 Å². The van der Waals surface area contributed by atoms with Gasteiger partial charge in [0.05, 0.1) is 6.61 Å². The number of halogens is 1. The van der Waals surface area contributed by atoms with Gasteiger partial charge in [-0.3, -0.25) is 0 Å². The molecule has 0 rings (SSSR count). The van der Waals surface area contributed by atoms with Gasteiger partial charge < -0.3 is 4.52 Å². The van der Waals surface area contributed by atoms with E-state index in [9.17, 15) is 0 Å². The molecule has 0 N–H and O–H groups in total. The van der Waals surface area contributed by atoms with Crippen LogP contribution in [-0.2, 0) is 4.52 Å². The molecular weight excluding hydrogens is 142 g/mol. The van der Waals surface area contributed by atoms with Gasteiger partial charge in [-0.25, -0.2) is 0 Å². The van der Waals surface area contributed by atoms with Gasteiger partial charge in [0.1, 0.15) is 0 Å². The first-order chi connectivity index (χ1) is 3.41. The predicted molar refractivity (Wildman–Crippen MR) is 42.4 cm³/mol. The molecule has 0 spiro atoms. The van der Waals surface area contributed by atoms with Gasteiger partial charge in [-0.1, -0.05) is 19.8 Å². The molecule has 0 radical (unpaired) electrons. The Labute approximate surface area is 59.9 Å². The first kappa shape index (κ1) is 11.5. The van der Waals surface area contributed by atoms with Crippen LogP contribution in [0.5, 0.6) is 0 Å². The average Bonchev–Trinajstić information content (AvgIpc) is 1.69. The minimum absolute atomic E-state index is 0. The molecule has 0 aliphatic carbocycles. The van der Waals surface area contributed by atoms with Gasteiger partial charge in [-0.2, -0.15) is 0 Å². The fraction of sp³-hybridized carbons (Fsp3) is 1.00. The van der Waals surface area contributed by atoms with Crippen molar-refractivity contribution in [2.45, 2.75) is 26.2 Å². The lowest BCUT2D eigenvalue weighted by Gasteiger charge is -1.92. The van der Waals surface area contributed by atoms with Crippen molar-refractivity contribution in [1.29, 1.82) is 0 Å². The molecule has 52 valence electrons. The summed E-state index contributed by atoms with van der Waals surface area (Å²) >= 11 is 0. The van der Waals surface area contributed by atoms with Crippen molar-refractivity contribution in [3.05, 3.63) is 0 Å². The summed E-state index contributed by atoms with van der Waals surface area (Å²) in [6, 6.07) is 0. The standard InChI is InChI=1S/C5H13OP.ClH/c1-2-3-4-5-6-7;/h2-5,7H2,1H3;1H. The summed E-state index contributed by atoms with van der Waals surface area (Å²) in [5.41, 5.74) is 0. The minimum Gasteiger partial charge on any atom is -0.366 e. The highest BCUT2D eigenvalue weighted by Crippen LogP contribution is 1.95. The van der Waals surface area contributed by atoms with Crippen LogP contribution in [-0.4, -0.2) is 6.61 Å². The molecule has 0 saturated carbocycles. The van der Waals surface area contributed by atoms with Crippen LogP contribution >= 0.6 is 21.9 Å². The van der Waals surface area contributed by atoms with Crippen LogP contribution in [0.4, 0.5) is 0 Å². The largest absolute Gasteiger partial charge is 0.366 e. The maximum absolute atomic E-state index is 4.76. The molecule has 3 heteroatoms. The number of hydrogen-bond donors (Lipinski definition) is 0. The van der Waals surface area contributed by atoms with Crippen molar-refractivity contribution in [2.75, 3.05) is 6.61 Å². The summed E-state index contributed by atoms with van der Waals surface area (Å²) in [6.07, 6.45) is 3.75. The van der Waals surface area contributed by atoms with E-state index >= 15 is 0 Å². The monoisotopic (exact) mass is 156 g/mol. The Kier molecular flexibility index (Phi) is 15.2. The van der Waals surface area contributed by atoms with Crippen LogP contribution in [0.15, 0.2) is 0 Å². The molecule has 1 nitrogen and oxygen atoms in total. The Morgan fingerprint density at radius 3 is 2.38 bits per heavy atom. The first-order valence-electron chi connectivity index (χ1n) is 2.73. The van der Waals surface area contributed by atoms with Crippen LogP contribution in [0.25, 0.3) is 0 Å². The molecule has 0 aromatic rings. The highest BCUT2D eigenvalue weighted by molar-refractivity contribution is 7.09. The third-order valence-corrected chi connectivity index (χ3v) is 1.10. The second-order valence-electron chi connectivity index (χ2n) is 1.58. The molecule has 0 amide bonds. The normalized spacial score (nSPS) is 8.25. The van der Waals surface area contributed by atoms with Gasteiger partial charge in [0, 0.05) is 9.47 Å². The van der Waals surface area contributed by atoms with Gasteiger partial charge >= 0.3 is 0 Å². The van der Waals surface area contributed by atoms with Crippen molar-refractivity contribution in [3.63, 3.8) is 0 Å². The summed E-state index contributed by atoms with van der Waals surface area (Å²) in [4.78, 5) is 0. The zero-order valence-electron chi connectivity index (χ0n) is 5.22. The minimum atomic E-state index is 0. The summed E-state index contributed by atoms with van der Waals surface area (Å²) in [7, 11) is 2.25. The van der Waals surface area contributed by atoms with Gasteiger partial charge in [-0.05, 0) is 6.42 Å². The topological polar surface area (TPSA) is 9.23 Å². The van der Waals surface area contributed by atoms with Crippen molar-refractivity contribution >= 4 is 21.9 Å². The second kappa shape index (κ2) is 10.6. The summed E-state index contributed by atoms with van der Waals surface area (Å²) in [5.74, 6) is 0. The highest BCUT2D eigenvalue weighted by Gasteiger charge is 1.80. The third kappa shape index (κ3) is 9.84. The summed E-state index contributed by atoms with van der Waals surface area (Å²) in [6.45, 7) is 3.07. The first-order valence-corrected chi connectivity index (χ1v) is 3.20. The zero-order valence-corrected chi connectivity index (χ0v) is 7.19. The van der Waals surface area contributed by atoms with E-state index in [-0.39, 0.29) is 12.4 Å². The van der Waals surface area contributed by atoms with Crippen molar-refractivity contribution in [2.24, 2.45) is 0 Å². The van der Waals surface area contributed by atoms with Crippen LogP contribution in [0.1, 0.15) is 26.2 Å². The SMILES string of the molecule is CCCCCOP.Cl. The average molecular weight is 157 g/mol. The van der Waals surface area contributed by atoms with Crippen molar-refractivity contribution < 1.29 is 4.52 Å². The molecular formula is C5H14ClOP. The number of hydrogen-bond acceptors (Lipinski definition) is 1.